The van der Waals surface area contributed by atoms with Crippen LogP contribution >= 0.6 is 0 Å². The second-order valence-electron chi connectivity index (χ2n) is 8.48. The average Bonchev–Trinajstić information content (AvgIpc) is 3.50. The number of alkyl carbamates (subject to hydrolysis) is 1. The van der Waals surface area contributed by atoms with Crippen molar-refractivity contribution in [2.24, 2.45) is 0 Å². The van der Waals surface area contributed by atoms with Crippen molar-refractivity contribution in [3.05, 3.63) is 95.7 Å². The largest absolute Gasteiger partial charge is 0.497 e. The Hall–Kier alpha value is -4.59. The van der Waals surface area contributed by atoms with E-state index < -0.39 is 18.1 Å². The molecule has 0 saturated carbocycles. The molecular weight excluding hydrogens is 460 g/mol. The molecule has 8 nitrogen and oxygen atoms in total. The Morgan fingerprint density at radius 3 is 2.25 bits per heavy atom. The molecule has 0 radical (unpaired) electrons. The maximum absolute atomic E-state index is 12.6. The van der Waals surface area contributed by atoms with Crippen LogP contribution in [0.3, 0.4) is 0 Å². The number of fused-ring (bicyclic) bond motifs is 3. The molecule has 1 unspecified atom stereocenters. The number of nitrogens with one attached hydrogen (secondary N) is 1. The number of carboxylic acid groups (broad SMARTS) is 1. The first kappa shape index (κ1) is 23.2. The van der Waals surface area contributed by atoms with Crippen LogP contribution in [0.2, 0.25) is 0 Å². The minimum absolute atomic E-state index is 0.0564. The Morgan fingerprint density at radius 2 is 1.64 bits per heavy atom. The first-order chi connectivity index (χ1) is 17.5. The highest BCUT2D eigenvalue weighted by molar-refractivity contribution is 5.81. The van der Waals surface area contributed by atoms with Gasteiger partial charge in [-0.3, -0.25) is 0 Å². The molecular formula is C28H24N2O6. The lowest BCUT2D eigenvalue weighted by Gasteiger charge is -2.17. The van der Waals surface area contributed by atoms with Gasteiger partial charge < -0.3 is 24.4 Å². The first-order valence-electron chi connectivity index (χ1n) is 11.5. The van der Waals surface area contributed by atoms with Crippen LogP contribution in [0.1, 0.15) is 22.7 Å². The van der Waals surface area contributed by atoms with Gasteiger partial charge in [0.2, 0.25) is 0 Å². The summed E-state index contributed by atoms with van der Waals surface area (Å²) in [5.41, 5.74) is 5.55. The van der Waals surface area contributed by atoms with Crippen LogP contribution < -0.4 is 10.1 Å². The van der Waals surface area contributed by atoms with E-state index in [1.807, 2.05) is 60.7 Å². The quantitative estimate of drug-likeness (QED) is 0.366. The number of methoxy groups -OCH3 is 1. The first-order valence-corrected chi connectivity index (χ1v) is 11.5. The topological polar surface area (TPSA) is 111 Å². The maximum atomic E-state index is 12.6. The lowest BCUT2D eigenvalue weighted by atomic mass is 9.98. The number of hydrogen-bond acceptors (Lipinski definition) is 6. The average molecular weight is 485 g/mol. The van der Waals surface area contributed by atoms with E-state index in [9.17, 15) is 14.7 Å². The molecule has 36 heavy (non-hydrogen) atoms. The van der Waals surface area contributed by atoms with Crippen molar-refractivity contribution in [3.8, 4) is 28.2 Å². The van der Waals surface area contributed by atoms with E-state index >= 15 is 0 Å². The Morgan fingerprint density at radius 1 is 1.00 bits per heavy atom. The predicted octanol–water partition coefficient (Wildman–Crippen LogP) is 4.88. The molecule has 8 heteroatoms. The number of hydrogen-bond donors (Lipinski definition) is 2. The van der Waals surface area contributed by atoms with E-state index in [-0.39, 0.29) is 18.9 Å². The predicted molar refractivity (Wildman–Crippen MR) is 132 cm³/mol. The molecule has 4 aromatic rings. The molecule has 1 amide bonds. The highest BCUT2D eigenvalue weighted by Gasteiger charge is 2.30. The molecule has 1 aliphatic rings. The standard InChI is InChI=1S/C28H24N2O6/c1-34-19-12-10-17(11-13-19)26-15-18(30-36-26)14-25(27(31)32)29-28(33)35-16-24-22-8-4-2-6-20(22)21-7-3-5-9-23(21)24/h2-13,15,24-25H,14,16H2,1H3,(H,29,33)(H,31,32). The van der Waals surface area contributed by atoms with Crippen molar-refractivity contribution >= 4 is 12.1 Å². The van der Waals surface area contributed by atoms with Crippen molar-refractivity contribution in [3.63, 3.8) is 0 Å². The van der Waals surface area contributed by atoms with E-state index in [4.69, 9.17) is 14.0 Å². The number of ether oxygens (including phenoxy) is 2. The molecule has 3 aromatic carbocycles. The summed E-state index contributed by atoms with van der Waals surface area (Å²) in [7, 11) is 1.58. The molecule has 1 heterocycles. The van der Waals surface area contributed by atoms with Gasteiger partial charge >= 0.3 is 12.1 Å². The highest BCUT2D eigenvalue weighted by atomic mass is 16.5. The molecule has 1 atom stereocenters. The lowest BCUT2D eigenvalue weighted by Crippen LogP contribution is -2.43. The van der Waals surface area contributed by atoms with Gasteiger partial charge in [-0.25, -0.2) is 9.59 Å². The third-order valence-corrected chi connectivity index (χ3v) is 6.28. The number of carboxylic acids is 1. The summed E-state index contributed by atoms with van der Waals surface area (Å²) < 4.78 is 16.0. The number of carbonyl (C=O) groups is 2. The second-order valence-corrected chi connectivity index (χ2v) is 8.48. The summed E-state index contributed by atoms with van der Waals surface area (Å²) in [6.07, 6.45) is -0.859. The third kappa shape index (κ3) is 4.65. The molecule has 1 aliphatic carbocycles. The molecule has 2 N–H and O–H groups in total. The van der Waals surface area contributed by atoms with Crippen LogP contribution in [0.15, 0.2) is 83.4 Å². The number of aromatic nitrogens is 1. The van der Waals surface area contributed by atoms with Crippen LogP contribution in [0.25, 0.3) is 22.5 Å². The smallest absolute Gasteiger partial charge is 0.407 e. The van der Waals surface area contributed by atoms with Crippen molar-refractivity contribution in [1.82, 2.24) is 10.5 Å². The van der Waals surface area contributed by atoms with Crippen LogP contribution in [0, 0.1) is 0 Å². The monoisotopic (exact) mass is 484 g/mol. The maximum Gasteiger partial charge on any atom is 0.407 e. The zero-order valence-electron chi connectivity index (χ0n) is 19.5. The zero-order valence-corrected chi connectivity index (χ0v) is 19.5. The number of nitrogens with zero attached hydrogens (tertiary/aromatic N) is 1. The number of amides is 1. The summed E-state index contributed by atoms with van der Waals surface area (Å²) in [6, 6.07) is 23.6. The molecule has 0 fully saturated rings. The van der Waals surface area contributed by atoms with Gasteiger partial charge in [-0.15, -0.1) is 0 Å². The van der Waals surface area contributed by atoms with Crippen LogP contribution in [0.5, 0.6) is 5.75 Å². The zero-order chi connectivity index (χ0) is 25.1. The Labute approximate surface area is 207 Å². The molecule has 182 valence electrons. The van der Waals surface area contributed by atoms with Gasteiger partial charge in [0.25, 0.3) is 0 Å². The van der Waals surface area contributed by atoms with E-state index in [0.717, 1.165) is 27.8 Å². The Kier molecular flexibility index (Phi) is 6.40. The van der Waals surface area contributed by atoms with Crippen LogP contribution in [-0.2, 0) is 16.0 Å². The Balaban J connectivity index is 1.23. The lowest BCUT2D eigenvalue weighted by molar-refractivity contribution is -0.139. The van der Waals surface area contributed by atoms with Crippen molar-refractivity contribution in [2.75, 3.05) is 13.7 Å². The number of aliphatic carboxylic acids is 1. The number of benzene rings is 3. The molecule has 5 rings (SSSR count). The van der Waals surface area contributed by atoms with E-state index in [1.54, 1.807) is 25.3 Å². The summed E-state index contributed by atoms with van der Waals surface area (Å²) >= 11 is 0. The SMILES string of the molecule is COc1ccc(-c2cc(CC(NC(=O)OCC3c4ccccc4-c4ccccc43)C(=O)O)no2)cc1. The number of carbonyl (C=O) groups excluding carboxylic acids is 1. The summed E-state index contributed by atoms with van der Waals surface area (Å²) in [5.74, 6) is -0.124. The molecule has 0 bridgehead atoms. The van der Waals surface area contributed by atoms with Crippen molar-refractivity contribution in [2.45, 2.75) is 18.4 Å². The fourth-order valence-corrected chi connectivity index (χ4v) is 4.49. The molecule has 0 spiro atoms. The van der Waals surface area contributed by atoms with E-state index in [1.165, 1.54) is 0 Å². The molecule has 1 aromatic heterocycles. The van der Waals surface area contributed by atoms with Gasteiger partial charge in [-0.1, -0.05) is 53.7 Å². The normalized spacial score (nSPS) is 12.9. The van der Waals surface area contributed by atoms with Crippen LogP contribution in [0.4, 0.5) is 4.79 Å². The summed E-state index contributed by atoms with van der Waals surface area (Å²) in [4.78, 5) is 24.4. The van der Waals surface area contributed by atoms with E-state index in [2.05, 4.69) is 10.5 Å². The fraction of sp³-hybridized carbons (Fsp3) is 0.179. The third-order valence-electron chi connectivity index (χ3n) is 6.28. The Bertz CT molecular complexity index is 1350. The molecule has 0 saturated heterocycles. The minimum atomic E-state index is -1.23. The van der Waals surface area contributed by atoms with Gasteiger partial charge in [0.15, 0.2) is 5.76 Å². The summed E-state index contributed by atoms with van der Waals surface area (Å²) in [5, 5.41) is 16.1. The van der Waals surface area contributed by atoms with Gasteiger partial charge in [0, 0.05) is 24.0 Å². The van der Waals surface area contributed by atoms with Gasteiger partial charge in [-0.2, -0.15) is 0 Å². The summed E-state index contributed by atoms with van der Waals surface area (Å²) in [6.45, 7) is 0.0950. The number of rotatable bonds is 8. The van der Waals surface area contributed by atoms with Gasteiger partial charge in [-0.05, 0) is 46.5 Å². The highest BCUT2D eigenvalue weighted by Crippen LogP contribution is 2.44. The molecule has 0 aliphatic heterocycles. The fourth-order valence-electron chi connectivity index (χ4n) is 4.49. The van der Waals surface area contributed by atoms with Crippen molar-refractivity contribution < 1.29 is 28.7 Å². The van der Waals surface area contributed by atoms with Gasteiger partial charge in [0.1, 0.15) is 18.4 Å². The van der Waals surface area contributed by atoms with E-state index in [0.29, 0.717) is 17.2 Å². The van der Waals surface area contributed by atoms with Gasteiger partial charge in [0.05, 0.1) is 12.8 Å². The van der Waals surface area contributed by atoms with Crippen molar-refractivity contribution in [1.29, 1.82) is 0 Å². The van der Waals surface area contributed by atoms with Crippen LogP contribution in [-0.4, -0.2) is 42.1 Å². The second kappa shape index (κ2) is 9.95. The minimum Gasteiger partial charge on any atom is -0.497 e.